The maximum Gasteiger partial charge on any atom is 0.407 e. The second kappa shape index (κ2) is 29.6. The first-order chi connectivity index (χ1) is 29.5. The number of amides is 5. The molecule has 60 heavy (non-hydrogen) atoms. The highest BCUT2D eigenvalue weighted by Gasteiger charge is 2.45. The van der Waals surface area contributed by atoms with E-state index in [1.807, 2.05) is 30.3 Å². The lowest BCUT2D eigenvalue weighted by Gasteiger charge is -2.27. The number of carbonyl (C=O) groups is 5. The van der Waals surface area contributed by atoms with Crippen LogP contribution in [0, 0.1) is 0 Å². The molecule has 0 radical (unpaired) electrons. The van der Waals surface area contributed by atoms with E-state index in [2.05, 4.69) is 16.0 Å². The van der Waals surface area contributed by atoms with Crippen molar-refractivity contribution in [2.45, 2.75) is 25.5 Å². The highest BCUT2D eigenvalue weighted by molar-refractivity contribution is 6.25. The molecule has 2 aliphatic rings. The number of rotatable bonds is 34. The van der Waals surface area contributed by atoms with Crippen molar-refractivity contribution in [2.24, 2.45) is 0 Å². The average Bonchev–Trinajstić information content (AvgIpc) is 3.51. The second-order valence-electron chi connectivity index (χ2n) is 13.1. The Morgan fingerprint density at radius 1 is 0.583 bits per heavy atom. The normalized spacial score (nSPS) is 15.0. The van der Waals surface area contributed by atoms with Crippen molar-refractivity contribution in [1.29, 1.82) is 0 Å². The topological polar surface area (TPSA) is 217 Å². The molecule has 4 rings (SSSR count). The maximum absolute atomic E-state index is 13.2. The van der Waals surface area contributed by atoms with Crippen molar-refractivity contribution in [3.63, 3.8) is 0 Å². The van der Waals surface area contributed by atoms with Crippen LogP contribution in [0.25, 0.3) is 0 Å². The van der Waals surface area contributed by atoms with E-state index in [4.69, 9.17) is 47.4 Å². The van der Waals surface area contributed by atoms with Gasteiger partial charge in [-0.1, -0.05) is 36.4 Å². The minimum absolute atomic E-state index is 0.0617. The third-order valence-corrected chi connectivity index (χ3v) is 8.73. The van der Waals surface area contributed by atoms with E-state index in [9.17, 15) is 24.0 Å². The van der Waals surface area contributed by atoms with Crippen LogP contribution in [-0.4, -0.2) is 173 Å². The zero-order chi connectivity index (χ0) is 42.5. The van der Waals surface area contributed by atoms with Gasteiger partial charge in [0.1, 0.15) is 12.6 Å². The summed E-state index contributed by atoms with van der Waals surface area (Å²) >= 11 is 0. The molecule has 1 fully saturated rings. The molecule has 1 atom stereocenters. The SMILES string of the molecule is O=C1CCC(N2C(=O)c3cccc(NCCOCCOCCOCCOCCOCCOCCOCCOCCOCCNC(=O)OCc4ccccc4)c3C2=O)C(=O)N1. The zero-order valence-corrected chi connectivity index (χ0v) is 34.0. The molecule has 2 heterocycles. The van der Waals surface area contributed by atoms with Gasteiger partial charge in [0.2, 0.25) is 11.8 Å². The Balaban J connectivity index is 0.821. The molecule has 332 valence electrons. The average molecular weight is 847 g/mol. The Morgan fingerprint density at radius 2 is 1.07 bits per heavy atom. The summed E-state index contributed by atoms with van der Waals surface area (Å²) in [6.07, 6.45) is -0.321. The van der Waals surface area contributed by atoms with Gasteiger partial charge in [-0.25, -0.2) is 4.79 Å². The predicted octanol–water partition coefficient (Wildman–Crippen LogP) is 1.58. The molecular weight excluding hydrogens is 788 g/mol. The smallest absolute Gasteiger partial charge is 0.407 e. The fraction of sp³-hybridized carbons (Fsp3) is 0.585. The first-order valence-corrected chi connectivity index (χ1v) is 20.2. The Morgan fingerprint density at radius 3 is 1.57 bits per heavy atom. The molecule has 1 saturated heterocycles. The molecule has 19 heteroatoms. The van der Waals surface area contributed by atoms with Crippen LogP contribution >= 0.6 is 0 Å². The van der Waals surface area contributed by atoms with E-state index >= 15 is 0 Å². The van der Waals surface area contributed by atoms with E-state index in [0.29, 0.717) is 138 Å². The van der Waals surface area contributed by atoms with Crippen molar-refractivity contribution in [3.8, 4) is 0 Å². The number of hydrogen-bond acceptors (Lipinski definition) is 16. The van der Waals surface area contributed by atoms with Crippen LogP contribution in [0.3, 0.4) is 0 Å². The molecular formula is C41H58N4O15. The van der Waals surface area contributed by atoms with Gasteiger partial charge in [0.25, 0.3) is 11.8 Å². The fourth-order valence-electron chi connectivity index (χ4n) is 5.78. The third kappa shape index (κ3) is 18.4. The summed E-state index contributed by atoms with van der Waals surface area (Å²) in [6.45, 7) is 8.56. The number of ether oxygens (including phenoxy) is 10. The maximum atomic E-state index is 13.2. The van der Waals surface area contributed by atoms with Gasteiger partial charge in [-0.15, -0.1) is 0 Å². The first-order valence-electron chi connectivity index (χ1n) is 20.2. The fourth-order valence-corrected chi connectivity index (χ4v) is 5.78. The second-order valence-corrected chi connectivity index (χ2v) is 13.1. The number of imide groups is 2. The van der Waals surface area contributed by atoms with E-state index in [-0.39, 0.29) is 30.6 Å². The van der Waals surface area contributed by atoms with Gasteiger partial charge in [-0.05, 0) is 24.1 Å². The quantitative estimate of drug-likeness (QED) is 0.0673. The lowest BCUT2D eigenvalue weighted by Crippen LogP contribution is -2.54. The van der Waals surface area contributed by atoms with E-state index in [1.54, 1.807) is 18.2 Å². The number of piperidine rings is 1. The summed E-state index contributed by atoms with van der Waals surface area (Å²) in [4.78, 5) is 62.6. The van der Waals surface area contributed by atoms with Crippen LogP contribution < -0.4 is 16.0 Å². The molecule has 0 saturated carbocycles. The highest BCUT2D eigenvalue weighted by atomic mass is 16.6. The summed E-state index contributed by atoms with van der Waals surface area (Å²) in [7, 11) is 0. The van der Waals surface area contributed by atoms with Crippen LogP contribution in [0.15, 0.2) is 48.5 Å². The Labute approximate surface area is 349 Å². The minimum Gasteiger partial charge on any atom is -0.445 e. The van der Waals surface area contributed by atoms with Crippen LogP contribution in [0.4, 0.5) is 10.5 Å². The number of nitrogens with one attached hydrogen (secondary N) is 3. The lowest BCUT2D eigenvalue weighted by atomic mass is 10.0. The standard InChI is InChI=1S/C41H58N4O15/c46-36-10-9-35(38(47)44-36)45-39(48)33-7-4-8-34(37(33)40(45)49)42-11-13-51-15-17-53-19-21-55-23-25-57-27-29-59-30-28-58-26-24-56-22-20-54-18-16-52-14-12-43-41(50)60-31-32-5-2-1-3-6-32/h1-8,35,42H,9-31H2,(H,43,50)(H,44,46,47). The molecule has 19 nitrogen and oxygen atoms in total. The molecule has 5 amide bonds. The van der Waals surface area contributed by atoms with Crippen molar-refractivity contribution in [3.05, 3.63) is 65.2 Å². The van der Waals surface area contributed by atoms with Gasteiger partial charge >= 0.3 is 6.09 Å². The molecule has 0 aliphatic carbocycles. The number of fused-ring (bicyclic) bond motifs is 1. The van der Waals surface area contributed by atoms with Gasteiger partial charge in [0.05, 0.1) is 130 Å². The van der Waals surface area contributed by atoms with Crippen molar-refractivity contribution in [1.82, 2.24) is 15.5 Å². The van der Waals surface area contributed by atoms with E-state index < -0.39 is 35.8 Å². The summed E-state index contributed by atoms with van der Waals surface area (Å²) in [5, 5.41) is 7.96. The monoisotopic (exact) mass is 846 g/mol. The lowest BCUT2D eigenvalue weighted by molar-refractivity contribution is -0.136. The highest BCUT2D eigenvalue weighted by Crippen LogP contribution is 2.32. The molecule has 3 N–H and O–H groups in total. The van der Waals surface area contributed by atoms with Gasteiger partial charge in [0, 0.05) is 25.2 Å². The van der Waals surface area contributed by atoms with Crippen LogP contribution in [-0.2, 0) is 63.6 Å². The zero-order valence-electron chi connectivity index (χ0n) is 34.0. The predicted molar refractivity (Wildman–Crippen MR) is 214 cm³/mol. The van der Waals surface area contributed by atoms with Gasteiger partial charge in [-0.3, -0.25) is 29.4 Å². The van der Waals surface area contributed by atoms with Crippen LogP contribution in [0.2, 0.25) is 0 Å². The number of alkyl carbamates (subject to hydrolysis) is 1. The van der Waals surface area contributed by atoms with Crippen molar-refractivity contribution in [2.75, 3.05) is 137 Å². The summed E-state index contributed by atoms with van der Waals surface area (Å²) in [5.74, 6) is -2.18. The Bertz CT molecular complexity index is 1580. The Hall–Kier alpha value is -4.57. The summed E-state index contributed by atoms with van der Waals surface area (Å²) in [5.41, 5.74) is 1.82. The largest absolute Gasteiger partial charge is 0.445 e. The number of benzene rings is 2. The van der Waals surface area contributed by atoms with Gasteiger partial charge in [-0.2, -0.15) is 0 Å². The Kier molecular flexibility index (Phi) is 23.7. The van der Waals surface area contributed by atoms with E-state index in [1.165, 1.54) is 0 Å². The molecule has 0 aromatic heterocycles. The molecule has 2 aromatic rings. The van der Waals surface area contributed by atoms with Crippen LogP contribution in [0.5, 0.6) is 0 Å². The van der Waals surface area contributed by atoms with Crippen LogP contribution in [0.1, 0.15) is 39.1 Å². The number of anilines is 1. The summed E-state index contributed by atoms with van der Waals surface area (Å²) < 4.78 is 54.6. The molecule has 0 spiro atoms. The molecule has 0 bridgehead atoms. The van der Waals surface area contributed by atoms with Crippen molar-refractivity contribution >= 4 is 35.4 Å². The number of hydrogen-bond donors (Lipinski definition) is 3. The van der Waals surface area contributed by atoms with Gasteiger partial charge in [0.15, 0.2) is 0 Å². The molecule has 1 unspecified atom stereocenters. The van der Waals surface area contributed by atoms with Gasteiger partial charge < -0.3 is 58.0 Å². The van der Waals surface area contributed by atoms with Crippen molar-refractivity contribution < 1.29 is 71.3 Å². The first kappa shape index (κ1) is 48.1. The third-order valence-electron chi connectivity index (χ3n) is 8.73. The van der Waals surface area contributed by atoms with E-state index in [0.717, 1.165) is 10.5 Å². The summed E-state index contributed by atoms with van der Waals surface area (Å²) in [6, 6.07) is 13.4. The number of carbonyl (C=O) groups excluding carboxylic acids is 5. The number of nitrogens with zero attached hydrogens (tertiary/aromatic N) is 1. The minimum atomic E-state index is -1.02. The molecule has 2 aliphatic heterocycles. The molecule has 2 aromatic carbocycles.